The van der Waals surface area contributed by atoms with Crippen LogP contribution < -0.4 is 20.9 Å². The second-order valence-electron chi connectivity index (χ2n) is 7.76. The standard InChI is InChI=1S/C20H29BN2O4/c1-4-6-15-7-8-16-17(22-15)11-19(21(25)26)23-20(16)27-12(3)14-9-13(5-2)18(24)10-14/h8,11-15,25-26H,4-7,9-10H2,1-3H3. The monoisotopic (exact) mass is 372 g/mol. The zero-order valence-corrected chi connectivity index (χ0v) is 16.4. The van der Waals surface area contributed by atoms with E-state index >= 15 is 0 Å². The number of nitrogens with zero attached hydrogens (tertiary/aromatic N) is 2. The third-order valence-electron chi connectivity index (χ3n) is 5.78. The van der Waals surface area contributed by atoms with Crippen LogP contribution in [0.5, 0.6) is 5.88 Å². The van der Waals surface area contributed by atoms with E-state index in [1.165, 1.54) is 0 Å². The van der Waals surface area contributed by atoms with Crippen molar-refractivity contribution in [1.29, 1.82) is 0 Å². The van der Waals surface area contributed by atoms with Gasteiger partial charge in [-0.2, -0.15) is 0 Å². The lowest BCUT2D eigenvalue weighted by molar-refractivity contribution is -0.121. The zero-order valence-electron chi connectivity index (χ0n) is 16.4. The molecule has 4 atom stereocenters. The van der Waals surface area contributed by atoms with Gasteiger partial charge in [0.2, 0.25) is 5.88 Å². The molecule has 7 heteroatoms. The molecule has 27 heavy (non-hydrogen) atoms. The molecule has 2 heterocycles. The number of hydrogen-bond acceptors (Lipinski definition) is 6. The summed E-state index contributed by atoms with van der Waals surface area (Å²) in [5.74, 6) is 0.992. The van der Waals surface area contributed by atoms with Gasteiger partial charge in [-0.1, -0.05) is 26.3 Å². The van der Waals surface area contributed by atoms with E-state index in [-0.39, 0.29) is 29.6 Å². The molecule has 1 aromatic rings. The highest BCUT2D eigenvalue weighted by Gasteiger charge is 2.35. The van der Waals surface area contributed by atoms with Crippen molar-refractivity contribution in [2.24, 2.45) is 16.8 Å². The van der Waals surface area contributed by atoms with Crippen LogP contribution in [0.4, 0.5) is 0 Å². The van der Waals surface area contributed by atoms with E-state index in [2.05, 4.69) is 18.0 Å². The van der Waals surface area contributed by atoms with Gasteiger partial charge >= 0.3 is 7.12 Å². The summed E-state index contributed by atoms with van der Waals surface area (Å²) in [6.07, 6.45) is 7.03. The van der Waals surface area contributed by atoms with Crippen LogP contribution in [0.2, 0.25) is 0 Å². The average molecular weight is 372 g/mol. The SMILES string of the molecule is CCCC1CC=c2c(OC(C)C3CC(=O)C(CC)C3)nc(B(O)O)cc2=N1. The lowest BCUT2D eigenvalue weighted by Crippen LogP contribution is -2.44. The molecule has 6 nitrogen and oxygen atoms in total. The van der Waals surface area contributed by atoms with E-state index in [9.17, 15) is 14.8 Å². The molecule has 3 rings (SSSR count). The van der Waals surface area contributed by atoms with Crippen LogP contribution in [0, 0.1) is 11.8 Å². The van der Waals surface area contributed by atoms with Gasteiger partial charge in [0.1, 0.15) is 11.9 Å². The Bertz CT molecular complexity index is 811. The highest BCUT2D eigenvalue weighted by atomic mass is 16.5. The molecule has 1 aliphatic heterocycles. The summed E-state index contributed by atoms with van der Waals surface area (Å²) >= 11 is 0. The van der Waals surface area contributed by atoms with Crippen molar-refractivity contribution in [2.75, 3.05) is 0 Å². The predicted octanol–water partition coefficient (Wildman–Crippen LogP) is 0.507. The molecule has 0 radical (unpaired) electrons. The maximum Gasteiger partial charge on any atom is 0.508 e. The minimum atomic E-state index is -1.67. The van der Waals surface area contributed by atoms with Gasteiger partial charge in [-0.3, -0.25) is 9.79 Å². The number of carbonyl (C=O) groups excluding carboxylic acids is 1. The summed E-state index contributed by atoms with van der Waals surface area (Å²) < 4.78 is 6.15. The number of pyridine rings is 1. The number of aromatic nitrogens is 1. The maximum atomic E-state index is 12.1. The fourth-order valence-corrected chi connectivity index (χ4v) is 4.11. The Labute approximate surface area is 160 Å². The summed E-state index contributed by atoms with van der Waals surface area (Å²) in [5, 5.41) is 20.7. The van der Waals surface area contributed by atoms with Crippen LogP contribution in [-0.4, -0.2) is 40.1 Å². The third-order valence-corrected chi connectivity index (χ3v) is 5.78. The number of rotatable bonds is 7. The second-order valence-corrected chi connectivity index (χ2v) is 7.76. The van der Waals surface area contributed by atoms with Crippen molar-refractivity contribution in [2.45, 2.75) is 71.4 Å². The number of Topliss-reactive ketones (excluding diaryl/α,β-unsaturated/α-hetero) is 1. The predicted molar refractivity (Wildman–Crippen MR) is 104 cm³/mol. The molecular formula is C20H29BN2O4. The van der Waals surface area contributed by atoms with Crippen LogP contribution in [0.25, 0.3) is 6.08 Å². The van der Waals surface area contributed by atoms with Crippen LogP contribution in [0.15, 0.2) is 11.1 Å². The first-order valence-corrected chi connectivity index (χ1v) is 10.1. The van der Waals surface area contributed by atoms with Crippen molar-refractivity contribution in [3.8, 4) is 5.88 Å². The van der Waals surface area contributed by atoms with Gasteiger partial charge in [-0.15, -0.1) is 0 Å². The van der Waals surface area contributed by atoms with Gasteiger partial charge in [0.25, 0.3) is 0 Å². The normalized spacial score (nSPS) is 25.4. The molecule has 0 amide bonds. The summed E-state index contributed by atoms with van der Waals surface area (Å²) in [7, 11) is -1.67. The number of carbonyl (C=O) groups is 1. The number of ether oxygens (including phenoxy) is 1. The van der Waals surface area contributed by atoms with Crippen LogP contribution in [0.3, 0.4) is 0 Å². The van der Waals surface area contributed by atoms with Gasteiger partial charge in [0.05, 0.1) is 22.2 Å². The summed E-state index contributed by atoms with van der Waals surface area (Å²) in [6.45, 7) is 6.14. The van der Waals surface area contributed by atoms with E-state index in [0.717, 1.165) is 37.3 Å². The summed E-state index contributed by atoms with van der Waals surface area (Å²) in [6, 6.07) is 1.83. The first-order chi connectivity index (χ1) is 12.9. The average Bonchev–Trinajstić information content (AvgIpc) is 3.02. The second kappa shape index (κ2) is 8.53. The highest BCUT2D eigenvalue weighted by molar-refractivity contribution is 6.57. The zero-order chi connectivity index (χ0) is 19.6. The molecule has 0 aromatic carbocycles. The van der Waals surface area contributed by atoms with Crippen molar-refractivity contribution < 1.29 is 19.6 Å². The molecule has 0 bridgehead atoms. The summed E-state index contributed by atoms with van der Waals surface area (Å²) in [5.41, 5.74) is 0.138. The largest absolute Gasteiger partial charge is 0.508 e. The van der Waals surface area contributed by atoms with Gasteiger partial charge in [0.15, 0.2) is 0 Å². The van der Waals surface area contributed by atoms with Crippen molar-refractivity contribution in [3.63, 3.8) is 0 Å². The topological polar surface area (TPSA) is 92.0 Å². The van der Waals surface area contributed by atoms with Gasteiger partial charge in [0, 0.05) is 18.3 Å². The fourth-order valence-electron chi connectivity index (χ4n) is 4.11. The lowest BCUT2D eigenvalue weighted by atomic mass is 9.85. The molecule has 0 saturated heterocycles. The molecule has 1 saturated carbocycles. The lowest BCUT2D eigenvalue weighted by Gasteiger charge is -2.22. The Kier molecular flexibility index (Phi) is 6.32. The number of hydrogen-bond donors (Lipinski definition) is 2. The van der Waals surface area contributed by atoms with Crippen LogP contribution in [-0.2, 0) is 4.79 Å². The van der Waals surface area contributed by atoms with E-state index in [1.54, 1.807) is 6.07 Å². The summed E-state index contributed by atoms with van der Waals surface area (Å²) in [4.78, 5) is 21.2. The van der Waals surface area contributed by atoms with Crippen molar-refractivity contribution in [3.05, 3.63) is 16.6 Å². The van der Waals surface area contributed by atoms with Crippen molar-refractivity contribution >= 4 is 24.6 Å². The number of fused-ring (bicyclic) bond motifs is 1. The first-order valence-electron chi connectivity index (χ1n) is 10.1. The molecule has 2 N–H and O–H groups in total. The Morgan fingerprint density at radius 3 is 2.78 bits per heavy atom. The molecular weight excluding hydrogens is 343 g/mol. The Hall–Kier alpha value is -1.73. The smallest absolute Gasteiger partial charge is 0.474 e. The molecule has 4 unspecified atom stereocenters. The molecule has 146 valence electrons. The molecule has 1 aromatic heterocycles. The van der Waals surface area contributed by atoms with Crippen LogP contribution >= 0.6 is 0 Å². The Balaban J connectivity index is 1.89. The van der Waals surface area contributed by atoms with Gasteiger partial charge in [-0.05, 0) is 38.7 Å². The Morgan fingerprint density at radius 2 is 2.15 bits per heavy atom. The minimum absolute atomic E-state index is 0.130. The van der Waals surface area contributed by atoms with Crippen LogP contribution in [0.1, 0.15) is 59.3 Å². The highest BCUT2D eigenvalue weighted by Crippen LogP contribution is 2.33. The third kappa shape index (κ3) is 4.41. The van der Waals surface area contributed by atoms with E-state index in [1.807, 2.05) is 13.8 Å². The van der Waals surface area contributed by atoms with Crippen molar-refractivity contribution in [1.82, 2.24) is 4.98 Å². The molecule has 1 fully saturated rings. The van der Waals surface area contributed by atoms with Gasteiger partial charge < -0.3 is 14.8 Å². The first kappa shape index (κ1) is 20.0. The van der Waals surface area contributed by atoms with E-state index in [4.69, 9.17) is 9.73 Å². The van der Waals surface area contributed by atoms with Gasteiger partial charge in [-0.25, -0.2) is 4.98 Å². The Morgan fingerprint density at radius 1 is 1.37 bits per heavy atom. The van der Waals surface area contributed by atoms with E-state index in [0.29, 0.717) is 23.4 Å². The van der Waals surface area contributed by atoms with E-state index < -0.39 is 7.12 Å². The fraction of sp³-hybridized carbons (Fsp3) is 0.650. The molecule has 0 spiro atoms. The molecule has 1 aliphatic carbocycles. The number of ketones is 1. The molecule has 2 aliphatic rings. The maximum absolute atomic E-state index is 12.1. The minimum Gasteiger partial charge on any atom is -0.474 e. The quantitative estimate of drug-likeness (QED) is 0.681.